The van der Waals surface area contributed by atoms with Gasteiger partial charge in [0.1, 0.15) is 11.7 Å². The lowest BCUT2D eigenvalue weighted by molar-refractivity contribution is -0.140. The SMILES string of the molecule is O=C(N[C@H](CSCc1ccccc1)C(=O)O)C(=Cc1ccc(C(F)(F)F)cc1)NC(=O)c1cc2ccccc2s1. The Bertz CT molecular complexity index is 1500. The van der Waals surface area contributed by atoms with Crippen molar-refractivity contribution in [2.24, 2.45) is 0 Å². The normalized spacial score (nSPS) is 12.6. The fourth-order valence-corrected chi connectivity index (χ4v) is 5.62. The third kappa shape index (κ3) is 7.73. The Hall–Kier alpha value is -4.09. The Morgan fingerprint density at radius 1 is 0.950 bits per heavy atom. The standard InChI is InChI=1S/C29H23F3N2O4S2/c30-29(31,32)21-12-10-18(11-13-21)14-22(33-27(36)25-15-20-8-4-5-9-24(20)40-25)26(35)34-23(28(37)38)17-39-16-19-6-2-1-3-7-19/h1-15,23H,16-17H2,(H,33,36)(H,34,35)(H,37,38)/t23-/m1/s1. The molecular weight excluding hydrogens is 561 g/mol. The number of thioether (sulfide) groups is 1. The smallest absolute Gasteiger partial charge is 0.416 e. The molecule has 206 valence electrons. The molecule has 0 bridgehead atoms. The van der Waals surface area contributed by atoms with Gasteiger partial charge in [-0.05, 0) is 46.9 Å². The first kappa shape index (κ1) is 28.9. The van der Waals surface area contributed by atoms with Crippen LogP contribution in [-0.2, 0) is 21.5 Å². The number of carboxylic acids is 1. The number of carboxylic acid groups (broad SMARTS) is 1. The zero-order valence-corrected chi connectivity index (χ0v) is 22.4. The number of alkyl halides is 3. The molecule has 3 N–H and O–H groups in total. The van der Waals surface area contributed by atoms with Gasteiger partial charge in [0, 0.05) is 16.2 Å². The molecule has 0 aliphatic heterocycles. The van der Waals surface area contributed by atoms with E-state index in [1.807, 2.05) is 54.6 Å². The molecule has 0 radical (unpaired) electrons. The molecule has 1 aromatic heterocycles. The van der Waals surface area contributed by atoms with E-state index in [0.717, 1.165) is 39.9 Å². The van der Waals surface area contributed by atoms with Crippen LogP contribution in [0.4, 0.5) is 13.2 Å². The average molecular weight is 585 g/mol. The number of fused-ring (bicyclic) bond motifs is 1. The number of halogens is 3. The summed E-state index contributed by atoms with van der Waals surface area (Å²) < 4.78 is 39.8. The molecule has 3 aromatic carbocycles. The number of hydrogen-bond acceptors (Lipinski definition) is 5. The van der Waals surface area contributed by atoms with Crippen LogP contribution in [-0.4, -0.2) is 34.7 Å². The molecule has 1 atom stereocenters. The summed E-state index contributed by atoms with van der Waals surface area (Å²) in [4.78, 5) is 38.5. The zero-order chi connectivity index (χ0) is 28.7. The molecule has 0 saturated heterocycles. The summed E-state index contributed by atoms with van der Waals surface area (Å²) in [5.41, 5.74) is 0.0226. The molecule has 4 aromatic rings. The van der Waals surface area contributed by atoms with Crippen molar-refractivity contribution in [3.05, 3.63) is 112 Å². The van der Waals surface area contributed by atoms with Crippen molar-refractivity contribution in [2.45, 2.75) is 18.0 Å². The van der Waals surface area contributed by atoms with Crippen LogP contribution in [0.5, 0.6) is 0 Å². The minimum atomic E-state index is -4.54. The summed E-state index contributed by atoms with van der Waals surface area (Å²) in [6.45, 7) is 0. The Morgan fingerprint density at radius 2 is 1.62 bits per heavy atom. The van der Waals surface area contributed by atoms with Crippen molar-refractivity contribution in [3.63, 3.8) is 0 Å². The quantitative estimate of drug-likeness (QED) is 0.193. The van der Waals surface area contributed by atoms with Crippen LogP contribution < -0.4 is 10.6 Å². The first-order valence-electron chi connectivity index (χ1n) is 11.9. The average Bonchev–Trinajstić information content (AvgIpc) is 3.37. The lowest BCUT2D eigenvalue weighted by Crippen LogP contribution is -2.45. The van der Waals surface area contributed by atoms with Crippen molar-refractivity contribution in [2.75, 3.05) is 5.75 Å². The highest BCUT2D eigenvalue weighted by Crippen LogP contribution is 2.29. The van der Waals surface area contributed by atoms with E-state index in [0.29, 0.717) is 10.6 Å². The highest BCUT2D eigenvalue weighted by atomic mass is 32.2. The van der Waals surface area contributed by atoms with Gasteiger partial charge in [-0.15, -0.1) is 11.3 Å². The third-order valence-corrected chi connectivity index (χ3v) is 7.91. The van der Waals surface area contributed by atoms with Crippen LogP contribution in [0, 0.1) is 0 Å². The van der Waals surface area contributed by atoms with Crippen LogP contribution in [0.1, 0.15) is 26.4 Å². The maximum absolute atomic E-state index is 13.2. The van der Waals surface area contributed by atoms with Gasteiger partial charge in [-0.3, -0.25) is 9.59 Å². The molecule has 0 aliphatic rings. The molecule has 2 amide bonds. The fourth-order valence-electron chi connectivity index (χ4n) is 3.65. The van der Waals surface area contributed by atoms with Crippen LogP contribution >= 0.6 is 23.1 Å². The van der Waals surface area contributed by atoms with Gasteiger partial charge in [-0.25, -0.2) is 4.79 Å². The Labute approximate surface area is 235 Å². The minimum Gasteiger partial charge on any atom is -0.480 e. The summed E-state index contributed by atoms with van der Waals surface area (Å²) in [5.74, 6) is -2.19. The van der Waals surface area contributed by atoms with Crippen molar-refractivity contribution < 1.29 is 32.7 Å². The summed E-state index contributed by atoms with van der Waals surface area (Å²) in [5, 5.41) is 15.5. The highest BCUT2D eigenvalue weighted by Gasteiger charge is 2.30. The molecule has 0 saturated carbocycles. The molecular formula is C29H23F3N2O4S2. The Balaban J connectivity index is 1.55. The van der Waals surface area contributed by atoms with E-state index in [4.69, 9.17) is 0 Å². The molecule has 0 spiro atoms. The molecule has 0 aliphatic carbocycles. The second-order valence-electron chi connectivity index (χ2n) is 8.65. The number of benzene rings is 3. The number of carbonyl (C=O) groups excluding carboxylic acids is 2. The maximum Gasteiger partial charge on any atom is 0.416 e. The number of aliphatic carboxylic acids is 1. The van der Waals surface area contributed by atoms with E-state index < -0.39 is 35.6 Å². The zero-order valence-electron chi connectivity index (χ0n) is 20.8. The third-order valence-electron chi connectivity index (χ3n) is 5.69. The summed E-state index contributed by atoms with van der Waals surface area (Å²) >= 11 is 2.51. The van der Waals surface area contributed by atoms with Crippen LogP contribution in [0.15, 0.2) is 90.6 Å². The van der Waals surface area contributed by atoms with E-state index in [-0.39, 0.29) is 17.0 Å². The number of thiophene rings is 1. The lowest BCUT2D eigenvalue weighted by atomic mass is 10.1. The molecule has 0 fully saturated rings. The number of carbonyl (C=O) groups is 3. The summed E-state index contributed by atoms with van der Waals surface area (Å²) in [7, 11) is 0. The predicted octanol–water partition coefficient (Wildman–Crippen LogP) is 6.19. The van der Waals surface area contributed by atoms with Gasteiger partial charge in [0.15, 0.2) is 0 Å². The largest absolute Gasteiger partial charge is 0.480 e. The molecule has 0 unspecified atom stereocenters. The highest BCUT2D eigenvalue weighted by molar-refractivity contribution is 7.98. The van der Waals surface area contributed by atoms with Gasteiger partial charge >= 0.3 is 12.1 Å². The van der Waals surface area contributed by atoms with Gasteiger partial charge < -0.3 is 15.7 Å². The maximum atomic E-state index is 13.2. The summed E-state index contributed by atoms with van der Waals surface area (Å²) in [6, 6.07) is 21.1. The predicted molar refractivity (Wildman–Crippen MR) is 151 cm³/mol. The second kappa shape index (κ2) is 12.8. The van der Waals surface area contributed by atoms with Crippen LogP contribution in [0.2, 0.25) is 0 Å². The van der Waals surface area contributed by atoms with Crippen molar-refractivity contribution in [3.8, 4) is 0 Å². The number of nitrogens with one attached hydrogen (secondary N) is 2. The van der Waals surface area contributed by atoms with Crippen LogP contribution in [0.3, 0.4) is 0 Å². The molecule has 1 heterocycles. The van der Waals surface area contributed by atoms with Crippen molar-refractivity contribution in [1.29, 1.82) is 0 Å². The van der Waals surface area contributed by atoms with Crippen LogP contribution in [0.25, 0.3) is 16.2 Å². The topological polar surface area (TPSA) is 95.5 Å². The molecule has 40 heavy (non-hydrogen) atoms. The van der Waals surface area contributed by atoms with E-state index in [1.165, 1.54) is 29.2 Å². The Morgan fingerprint density at radius 3 is 2.27 bits per heavy atom. The number of hydrogen-bond donors (Lipinski definition) is 3. The van der Waals surface area contributed by atoms with E-state index in [2.05, 4.69) is 10.6 Å². The first-order valence-corrected chi connectivity index (χ1v) is 13.9. The van der Waals surface area contributed by atoms with Crippen molar-refractivity contribution >= 4 is 57.0 Å². The minimum absolute atomic E-state index is 0.0494. The Kier molecular flexibility index (Phi) is 9.28. The van der Waals surface area contributed by atoms with Gasteiger partial charge in [0.2, 0.25) is 0 Å². The van der Waals surface area contributed by atoms with Gasteiger partial charge in [0.25, 0.3) is 11.8 Å². The van der Waals surface area contributed by atoms with Gasteiger partial charge in [-0.1, -0.05) is 60.7 Å². The number of amides is 2. The lowest BCUT2D eigenvalue weighted by Gasteiger charge is -2.16. The van der Waals surface area contributed by atoms with Crippen molar-refractivity contribution in [1.82, 2.24) is 10.6 Å². The number of rotatable bonds is 10. The molecule has 11 heteroatoms. The molecule has 4 rings (SSSR count). The summed E-state index contributed by atoms with van der Waals surface area (Å²) in [6.07, 6.45) is -3.33. The monoisotopic (exact) mass is 584 g/mol. The fraction of sp³-hybridized carbons (Fsp3) is 0.138. The first-order chi connectivity index (χ1) is 19.1. The molecule has 6 nitrogen and oxygen atoms in total. The second-order valence-corrected chi connectivity index (χ2v) is 10.8. The van der Waals surface area contributed by atoms with Gasteiger partial charge in [0.05, 0.1) is 10.4 Å². The van der Waals surface area contributed by atoms with E-state index in [9.17, 15) is 32.7 Å². The van der Waals surface area contributed by atoms with Gasteiger partial charge in [-0.2, -0.15) is 24.9 Å². The van der Waals surface area contributed by atoms with E-state index >= 15 is 0 Å². The van der Waals surface area contributed by atoms with E-state index in [1.54, 1.807) is 6.07 Å².